The first-order chi connectivity index (χ1) is 20.4. The maximum absolute atomic E-state index is 14.0. The predicted octanol–water partition coefficient (Wildman–Crippen LogP) is 7.69. The zero-order valence-electron chi connectivity index (χ0n) is 25.5. The molecule has 1 aromatic heterocycles. The summed E-state index contributed by atoms with van der Waals surface area (Å²) in [5, 5.41) is 4.44. The molecule has 3 aliphatic carbocycles. The summed E-state index contributed by atoms with van der Waals surface area (Å²) in [4.78, 5) is 20.9. The molecule has 230 valence electrons. The number of anilines is 1. The number of ether oxygens (including phenoxy) is 2. The Morgan fingerprint density at radius 2 is 1.67 bits per heavy atom. The maximum atomic E-state index is 14.0. The quantitative estimate of drug-likeness (QED) is 0.253. The van der Waals surface area contributed by atoms with Gasteiger partial charge in [-0.15, -0.1) is 0 Å². The lowest BCUT2D eigenvalue weighted by atomic mass is 9.53. The van der Waals surface area contributed by atoms with Gasteiger partial charge in [0.25, 0.3) is 0 Å². The van der Waals surface area contributed by atoms with E-state index in [2.05, 4.69) is 37.6 Å². The van der Waals surface area contributed by atoms with Gasteiger partial charge in [-0.05, 0) is 79.3 Å². The summed E-state index contributed by atoms with van der Waals surface area (Å²) in [6.45, 7) is 7.34. The van der Waals surface area contributed by atoms with E-state index in [9.17, 15) is 13.6 Å². The molecule has 3 aromatic rings. The standard InChI is InChI=1S/C34H41F2N3O4/c1-31(2,3)29-37-28(38-43-29)34-15-12-33(13-16-34,14-17-34)20-39(27(40)19-32(4)21-41-22-32)25-7-5-6-24(18-25)23-8-10-26(11-9-23)42-30(35)36/h5-11,18,30H,12-17,19-22H2,1-4H3. The molecule has 4 aliphatic rings. The first-order valence-corrected chi connectivity index (χ1v) is 15.3. The fourth-order valence-electron chi connectivity index (χ4n) is 6.93. The van der Waals surface area contributed by atoms with Crippen LogP contribution in [-0.4, -0.2) is 42.4 Å². The summed E-state index contributed by atoms with van der Waals surface area (Å²) in [7, 11) is 0. The van der Waals surface area contributed by atoms with Crippen molar-refractivity contribution in [2.75, 3.05) is 24.7 Å². The third-order valence-electron chi connectivity index (χ3n) is 9.79. The second-order valence-electron chi connectivity index (χ2n) is 14.4. The highest BCUT2D eigenvalue weighted by molar-refractivity contribution is 5.94. The van der Waals surface area contributed by atoms with E-state index in [0.717, 1.165) is 61.2 Å². The van der Waals surface area contributed by atoms with Crippen molar-refractivity contribution < 1.29 is 27.6 Å². The lowest BCUT2D eigenvalue weighted by molar-refractivity contribution is -0.137. The van der Waals surface area contributed by atoms with Crippen LogP contribution in [0.5, 0.6) is 5.75 Å². The van der Waals surface area contributed by atoms with E-state index in [1.54, 1.807) is 12.1 Å². The van der Waals surface area contributed by atoms with Crippen molar-refractivity contribution in [1.82, 2.24) is 10.1 Å². The highest BCUT2D eigenvalue weighted by Crippen LogP contribution is 2.58. The number of aromatic nitrogens is 2. The van der Waals surface area contributed by atoms with Crippen LogP contribution in [0.4, 0.5) is 14.5 Å². The first kappa shape index (κ1) is 29.7. The Morgan fingerprint density at radius 1 is 1.00 bits per heavy atom. The molecule has 4 fully saturated rings. The van der Waals surface area contributed by atoms with Gasteiger partial charge in [0.05, 0.1) is 13.2 Å². The van der Waals surface area contributed by atoms with Gasteiger partial charge in [-0.25, -0.2) is 0 Å². The number of hydrogen-bond acceptors (Lipinski definition) is 6. The molecule has 1 amide bonds. The van der Waals surface area contributed by atoms with Gasteiger partial charge in [0.2, 0.25) is 11.8 Å². The van der Waals surface area contributed by atoms with Gasteiger partial charge in [-0.3, -0.25) is 4.79 Å². The van der Waals surface area contributed by atoms with Crippen molar-refractivity contribution in [2.45, 2.75) is 90.1 Å². The summed E-state index contributed by atoms with van der Waals surface area (Å²) < 4.78 is 40.9. The molecule has 2 aromatic carbocycles. The largest absolute Gasteiger partial charge is 0.435 e. The summed E-state index contributed by atoms with van der Waals surface area (Å²) in [5.41, 5.74) is 2.26. The number of alkyl halides is 2. The van der Waals surface area contributed by atoms with Crippen LogP contribution < -0.4 is 9.64 Å². The van der Waals surface area contributed by atoms with Crippen molar-refractivity contribution in [2.24, 2.45) is 10.8 Å². The molecule has 7 nitrogen and oxygen atoms in total. The summed E-state index contributed by atoms with van der Waals surface area (Å²) >= 11 is 0. The summed E-state index contributed by atoms with van der Waals surface area (Å²) in [6, 6.07) is 14.6. The molecule has 43 heavy (non-hydrogen) atoms. The molecule has 0 unspecified atom stereocenters. The Kier molecular flexibility index (Phi) is 7.60. The van der Waals surface area contributed by atoms with Crippen molar-refractivity contribution in [1.29, 1.82) is 0 Å². The van der Waals surface area contributed by atoms with E-state index in [1.807, 2.05) is 29.2 Å². The van der Waals surface area contributed by atoms with E-state index >= 15 is 0 Å². The van der Waals surface area contributed by atoms with Crippen LogP contribution in [0, 0.1) is 10.8 Å². The average molecular weight is 594 g/mol. The van der Waals surface area contributed by atoms with E-state index in [0.29, 0.717) is 32.1 Å². The first-order valence-electron chi connectivity index (χ1n) is 15.3. The minimum absolute atomic E-state index is 0.0231. The van der Waals surface area contributed by atoms with Crippen LogP contribution >= 0.6 is 0 Å². The Balaban J connectivity index is 1.24. The fraction of sp³-hybridized carbons (Fsp3) is 0.559. The number of fused-ring (bicyclic) bond motifs is 3. The maximum Gasteiger partial charge on any atom is 0.387 e. The number of carbonyl (C=O) groups excluding carboxylic acids is 1. The molecule has 1 aliphatic heterocycles. The number of halogens is 2. The molecule has 0 N–H and O–H groups in total. The molecule has 7 rings (SSSR count). The van der Waals surface area contributed by atoms with Crippen LogP contribution in [0.25, 0.3) is 11.1 Å². The third kappa shape index (κ3) is 6.06. The third-order valence-corrected chi connectivity index (χ3v) is 9.79. The molecule has 3 saturated carbocycles. The SMILES string of the molecule is CC1(CC(=O)N(CC23CCC(c4noc(C(C)(C)C)n4)(CC2)CC3)c2cccc(-c3ccc(OC(F)F)cc3)c2)COC1. The topological polar surface area (TPSA) is 77.7 Å². The number of carbonyl (C=O) groups is 1. The van der Waals surface area contributed by atoms with E-state index in [1.165, 1.54) is 12.1 Å². The van der Waals surface area contributed by atoms with Crippen molar-refractivity contribution >= 4 is 11.6 Å². The molecular weight excluding hydrogens is 552 g/mol. The van der Waals surface area contributed by atoms with Gasteiger partial charge in [0, 0.05) is 34.9 Å². The van der Waals surface area contributed by atoms with Crippen LogP contribution in [0.15, 0.2) is 53.1 Å². The van der Waals surface area contributed by atoms with Crippen LogP contribution in [0.1, 0.15) is 84.4 Å². The van der Waals surface area contributed by atoms with Crippen LogP contribution in [-0.2, 0) is 20.4 Å². The van der Waals surface area contributed by atoms with Crippen molar-refractivity contribution in [3.63, 3.8) is 0 Å². The van der Waals surface area contributed by atoms with Crippen molar-refractivity contribution in [3.05, 3.63) is 60.2 Å². The van der Waals surface area contributed by atoms with E-state index in [-0.39, 0.29) is 33.3 Å². The van der Waals surface area contributed by atoms with E-state index in [4.69, 9.17) is 14.2 Å². The highest BCUT2D eigenvalue weighted by atomic mass is 19.3. The van der Waals surface area contributed by atoms with E-state index < -0.39 is 6.61 Å². The minimum atomic E-state index is -2.87. The van der Waals surface area contributed by atoms with Gasteiger partial charge in [-0.2, -0.15) is 13.8 Å². The molecule has 0 atom stereocenters. The normalized spacial score (nSPS) is 24.5. The van der Waals surface area contributed by atoms with Crippen LogP contribution in [0.3, 0.4) is 0 Å². The number of benzene rings is 2. The van der Waals surface area contributed by atoms with Gasteiger partial charge >= 0.3 is 6.61 Å². The monoisotopic (exact) mass is 593 g/mol. The van der Waals surface area contributed by atoms with Gasteiger partial charge < -0.3 is 18.9 Å². The zero-order valence-corrected chi connectivity index (χ0v) is 25.5. The second-order valence-corrected chi connectivity index (χ2v) is 14.4. The number of hydrogen-bond donors (Lipinski definition) is 0. The molecule has 0 radical (unpaired) electrons. The summed E-state index contributed by atoms with van der Waals surface area (Å²) in [5.74, 6) is 1.74. The molecular formula is C34H41F2N3O4. The fourth-order valence-corrected chi connectivity index (χ4v) is 6.93. The summed E-state index contributed by atoms with van der Waals surface area (Å²) in [6.07, 6.45) is 6.38. The second kappa shape index (κ2) is 11.0. The zero-order chi connectivity index (χ0) is 30.5. The lowest BCUT2D eigenvalue weighted by Crippen LogP contribution is -2.52. The smallest absolute Gasteiger partial charge is 0.387 e. The van der Waals surface area contributed by atoms with Gasteiger partial charge in [-0.1, -0.05) is 57.1 Å². The number of amides is 1. The molecule has 0 spiro atoms. The van der Waals surface area contributed by atoms with Gasteiger partial charge in [0.1, 0.15) is 5.75 Å². The minimum Gasteiger partial charge on any atom is -0.435 e. The molecule has 9 heteroatoms. The Labute approximate surface area is 251 Å². The average Bonchev–Trinajstić information content (AvgIpc) is 3.49. The Hall–Kier alpha value is -3.33. The number of rotatable bonds is 9. The van der Waals surface area contributed by atoms with Gasteiger partial charge in [0.15, 0.2) is 5.82 Å². The highest BCUT2D eigenvalue weighted by Gasteiger charge is 2.53. The lowest BCUT2D eigenvalue weighted by Gasteiger charge is -2.53. The Bertz CT molecular complexity index is 1430. The Morgan fingerprint density at radius 3 is 2.23 bits per heavy atom. The molecule has 1 saturated heterocycles. The van der Waals surface area contributed by atoms with Crippen molar-refractivity contribution in [3.8, 4) is 16.9 Å². The number of nitrogens with zero attached hydrogens (tertiary/aromatic N) is 3. The predicted molar refractivity (Wildman–Crippen MR) is 159 cm³/mol. The molecule has 2 heterocycles. The molecule has 2 bridgehead atoms. The van der Waals surface area contributed by atoms with Crippen LogP contribution in [0.2, 0.25) is 0 Å².